The molecule has 2 aromatic rings. The fourth-order valence-electron chi connectivity index (χ4n) is 2.36. The second-order valence-electron chi connectivity index (χ2n) is 5.73. The molecule has 144 valence electrons. The van der Waals surface area contributed by atoms with Crippen molar-refractivity contribution in [2.75, 3.05) is 26.2 Å². The van der Waals surface area contributed by atoms with Crippen molar-refractivity contribution in [3.05, 3.63) is 53.7 Å². The van der Waals surface area contributed by atoms with Crippen molar-refractivity contribution in [2.24, 2.45) is 4.99 Å². The molecule has 26 heavy (non-hydrogen) atoms. The summed E-state index contributed by atoms with van der Waals surface area (Å²) < 4.78 is 10.8. The number of hydrogen-bond acceptors (Lipinski definition) is 4. The van der Waals surface area contributed by atoms with E-state index in [-0.39, 0.29) is 24.0 Å². The largest absolute Gasteiger partial charge is 0.467 e. The lowest BCUT2D eigenvalue weighted by molar-refractivity contribution is 0.105. The maximum Gasteiger partial charge on any atom is 0.191 e. The Bertz CT molecular complexity index is 632. The van der Waals surface area contributed by atoms with Crippen LogP contribution in [0.4, 0.5) is 0 Å². The molecule has 0 aromatic carbocycles. The van der Waals surface area contributed by atoms with E-state index in [0.717, 1.165) is 44.2 Å². The molecule has 2 N–H and O–H groups in total. The Balaban J connectivity index is 0.00000338. The van der Waals surface area contributed by atoms with E-state index in [1.54, 1.807) is 6.26 Å². The van der Waals surface area contributed by atoms with Crippen LogP contribution in [-0.4, -0.2) is 37.2 Å². The first-order valence-electron chi connectivity index (χ1n) is 8.81. The lowest BCUT2D eigenvalue weighted by Gasteiger charge is -2.12. The molecule has 0 fully saturated rings. The van der Waals surface area contributed by atoms with Gasteiger partial charge in [0.25, 0.3) is 0 Å². The minimum Gasteiger partial charge on any atom is -0.467 e. The van der Waals surface area contributed by atoms with Gasteiger partial charge in [0.1, 0.15) is 12.4 Å². The number of halogens is 1. The molecule has 0 aliphatic carbocycles. The summed E-state index contributed by atoms with van der Waals surface area (Å²) in [4.78, 5) is 8.70. The lowest BCUT2D eigenvalue weighted by atomic mass is 10.1. The Labute approximate surface area is 172 Å². The molecule has 0 saturated carbocycles. The molecular formula is C19H29IN4O2. The average molecular weight is 472 g/mol. The highest BCUT2D eigenvalue weighted by molar-refractivity contribution is 14.0. The summed E-state index contributed by atoms with van der Waals surface area (Å²) >= 11 is 0. The van der Waals surface area contributed by atoms with E-state index in [1.165, 1.54) is 11.1 Å². The summed E-state index contributed by atoms with van der Waals surface area (Å²) in [5.41, 5.74) is 2.53. The van der Waals surface area contributed by atoms with Crippen LogP contribution in [0.25, 0.3) is 0 Å². The third kappa shape index (κ3) is 8.66. The molecule has 0 spiro atoms. The van der Waals surface area contributed by atoms with Crippen LogP contribution in [0.5, 0.6) is 0 Å². The number of ether oxygens (including phenoxy) is 1. The molecule has 2 aromatic heterocycles. The van der Waals surface area contributed by atoms with Gasteiger partial charge in [0.15, 0.2) is 5.96 Å². The van der Waals surface area contributed by atoms with E-state index in [9.17, 15) is 0 Å². The third-order valence-electron chi connectivity index (χ3n) is 3.71. The normalized spacial score (nSPS) is 11.1. The number of rotatable bonds is 10. The Morgan fingerprint density at radius 3 is 2.92 bits per heavy atom. The second kappa shape index (κ2) is 13.6. The molecule has 7 heteroatoms. The Hall–Kier alpha value is -1.61. The number of guanidine groups is 1. The van der Waals surface area contributed by atoms with Gasteiger partial charge in [-0.1, -0.05) is 0 Å². The molecule has 0 unspecified atom stereocenters. The summed E-state index contributed by atoms with van der Waals surface area (Å²) in [6, 6.07) is 5.85. The van der Waals surface area contributed by atoms with Crippen molar-refractivity contribution in [1.29, 1.82) is 0 Å². The van der Waals surface area contributed by atoms with Gasteiger partial charge in [-0.3, -0.25) is 9.98 Å². The van der Waals surface area contributed by atoms with E-state index in [2.05, 4.69) is 40.5 Å². The predicted molar refractivity (Wildman–Crippen MR) is 115 cm³/mol. The maximum atomic E-state index is 5.56. The summed E-state index contributed by atoms with van der Waals surface area (Å²) in [6.45, 7) is 7.74. The Morgan fingerprint density at radius 2 is 2.19 bits per heavy atom. The number of aliphatic imine (C=N–C) groups is 1. The van der Waals surface area contributed by atoms with Crippen molar-refractivity contribution in [3.63, 3.8) is 0 Å². The number of pyridine rings is 1. The standard InChI is InChI=1S/C19H28N4O2.HI/c1-3-21-19(23-11-8-17-7-10-20-14-16(17)2)22-9-5-12-24-15-18-6-4-13-25-18;/h4,6-7,10,13-14H,3,5,8-9,11-12,15H2,1-2H3,(H2,21,22,23);1H. The highest BCUT2D eigenvalue weighted by atomic mass is 127. The first-order chi connectivity index (χ1) is 12.3. The Morgan fingerprint density at radius 1 is 1.31 bits per heavy atom. The topological polar surface area (TPSA) is 71.7 Å². The van der Waals surface area contributed by atoms with Crippen LogP contribution in [0.15, 0.2) is 46.3 Å². The second-order valence-corrected chi connectivity index (χ2v) is 5.73. The van der Waals surface area contributed by atoms with Crippen molar-refractivity contribution in [2.45, 2.75) is 33.3 Å². The van der Waals surface area contributed by atoms with Crippen LogP contribution in [0.2, 0.25) is 0 Å². The van der Waals surface area contributed by atoms with Crippen molar-refractivity contribution in [3.8, 4) is 0 Å². The van der Waals surface area contributed by atoms with Crippen molar-refractivity contribution in [1.82, 2.24) is 15.6 Å². The highest BCUT2D eigenvalue weighted by Crippen LogP contribution is 2.05. The molecule has 0 radical (unpaired) electrons. The minimum absolute atomic E-state index is 0. The quantitative estimate of drug-likeness (QED) is 0.240. The summed E-state index contributed by atoms with van der Waals surface area (Å²) in [5, 5.41) is 6.64. The van der Waals surface area contributed by atoms with E-state index in [4.69, 9.17) is 9.15 Å². The number of hydrogen-bond donors (Lipinski definition) is 2. The fraction of sp³-hybridized carbons (Fsp3) is 0.474. The highest BCUT2D eigenvalue weighted by Gasteiger charge is 2.00. The van der Waals surface area contributed by atoms with Crippen LogP contribution in [0.3, 0.4) is 0 Å². The predicted octanol–water partition coefficient (Wildman–Crippen LogP) is 3.31. The van der Waals surface area contributed by atoms with Gasteiger partial charge in [-0.2, -0.15) is 0 Å². The average Bonchev–Trinajstić information content (AvgIpc) is 3.13. The molecule has 6 nitrogen and oxygen atoms in total. The number of nitrogens with zero attached hydrogens (tertiary/aromatic N) is 2. The van der Waals surface area contributed by atoms with Gasteiger partial charge in [-0.05, 0) is 56.0 Å². The first-order valence-corrected chi connectivity index (χ1v) is 8.81. The summed E-state index contributed by atoms with van der Waals surface area (Å²) in [5.74, 6) is 1.70. The molecule has 2 heterocycles. The number of aryl methyl sites for hydroxylation is 1. The molecule has 0 bridgehead atoms. The molecule has 0 saturated heterocycles. The molecule has 0 atom stereocenters. The molecule has 0 aliphatic rings. The SMILES string of the molecule is CCNC(=NCCCOCc1ccco1)NCCc1ccncc1C.I. The van der Waals surface area contributed by atoms with Gasteiger partial charge < -0.3 is 19.8 Å². The van der Waals surface area contributed by atoms with Gasteiger partial charge >= 0.3 is 0 Å². The van der Waals surface area contributed by atoms with Crippen LogP contribution in [0.1, 0.15) is 30.2 Å². The van der Waals surface area contributed by atoms with E-state index >= 15 is 0 Å². The minimum atomic E-state index is 0. The first kappa shape index (κ1) is 22.4. The van der Waals surface area contributed by atoms with Crippen molar-refractivity contribution < 1.29 is 9.15 Å². The van der Waals surface area contributed by atoms with Crippen molar-refractivity contribution >= 4 is 29.9 Å². The monoisotopic (exact) mass is 472 g/mol. The number of nitrogens with one attached hydrogen (secondary N) is 2. The van der Waals surface area contributed by atoms with E-state index in [1.807, 2.05) is 24.5 Å². The zero-order valence-corrected chi connectivity index (χ0v) is 17.9. The molecular weight excluding hydrogens is 443 g/mol. The lowest BCUT2D eigenvalue weighted by Crippen LogP contribution is -2.38. The van der Waals surface area contributed by atoms with Crippen LogP contribution >= 0.6 is 24.0 Å². The molecule has 2 rings (SSSR count). The maximum absolute atomic E-state index is 5.56. The zero-order chi connectivity index (χ0) is 17.7. The smallest absolute Gasteiger partial charge is 0.191 e. The summed E-state index contributed by atoms with van der Waals surface area (Å²) in [7, 11) is 0. The van der Waals surface area contributed by atoms with Gasteiger partial charge in [-0.25, -0.2) is 0 Å². The molecule has 0 aliphatic heterocycles. The van der Waals surface area contributed by atoms with Gasteiger partial charge in [0.05, 0.1) is 6.26 Å². The molecule has 0 amide bonds. The van der Waals surface area contributed by atoms with Crippen LogP contribution < -0.4 is 10.6 Å². The van der Waals surface area contributed by atoms with Gasteiger partial charge in [0.2, 0.25) is 0 Å². The summed E-state index contributed by atoms with van der Waals surface area (Å²) in [6.07, 6.45) is 7.22. The van der Waals surface area contributed by atoms with E-state index < -0.39 is 0 Å². The third-order valence-corrected chi connectivity index (χ3v) is 3.71. The fourth-order valence-corrected chi connectivity index (χ4v) is 2.36. The van der Waals surface area contributed by atoms with Crippen LogP contribution in [-0.2, 0) is 17.8 Å². The van der Waals surface area contributed by atoms with Gasteiger partial charge in [-0.15, -0.1) is 24.0 Å². The number of furan rings is 1. The van der Waals surface area contributed by atoms with Crippen LogP contribution in [0, 0.1) is 6.92 Å². The zero-order valence-electron chi connectivity index (χ0n) is 15.5. The number of aromatic nitrogens is 1. The Kier molecular flexibility index (Phi) is 11.7. The van der Waals surface area contributed by atoms with Gasteiger partial charge in [0, 0.05) is 38.6 Å². The van der Waals surface area contributed by atoms with E-state index in [0.29, 0.717) is 13.2 Å².